The lowest BCUT2D eigenvalue weighted by Gasteiger charge is -2.40. The molecule has 0 N–H and O–H groups in total. The highest BCUT2D eigenvalue weighted by atomic mass is 17.4. The monoisotopic (exact) mass is 536 g/mol. The molecule has 0 aliphatic rings. The van der Waals surface area contributed by atoms with Crippen molar-refractivity contribution in [2.45, 2.75) is 189 Å². The van der Waals surface area contributed by atoms with E-state index < -0.39 is 17.4 Å². The molecular weight excluding hydrogens is 476 g/mol. The van der Waals surface area contributed by atoms with Crippen LogP contribution in [0.2, 0.25) is 0 Å². The van der Waals surface area contributed by atoms with Crippen LogP contribution in [0, 0.1) is 0 Å². The first-order chi connectivity index (χ1) is 17.6. The Kier molecular flexibility index (Phi) is 17.2. The van der Waals surface area contributed by atoms with Gasteiger partial charge in [-0.15, -0.1) is 0 Å². The van der Waals surface area contributed by atoms with E-state index >= 15 is 0 Å². The van der Waals surface area contributed by atoms with Crippen LogP contribution in [0.5, 0.6) is 0 Å². The molecule has 0 aliphatic carbocycles. The van der Waals surface area contributed by atoms with Crippen molar-refractivity contribution >= 4 is 0 Å². The van der Waals surface area contributed by atoms with Crippen LogP contribution < -0.4 is 0 Å². The van der Waals surface area contributed by atoms with Crippen molar-refractivity contribution in [3.63, 3.8) is 0 Å². The molecule has 0 aromatic carbocycles. The van der Waals surface area contributed by atoms with Gasteiger partial charge in [0.05, 0.1) is 0 Å². The smallest absolute Gasteiger partial charge is 0.227 e. The zero-order valence-electron chi connectivity index (χ0n) is 26.3. The van der Waals surface area contributed by atoms with Gasteiger partial charge in [-0.2, -0.15) is 29.3 Å². The maximum atomic E-state index is 5.99. The Bertz CT molecular complexity index is 500. The van der Waals surface area contributed by atoms with Crippen LogP contribution in [0.15, 0.2) is 0 Å². The largest absolute Gasteiger partial charge is 0.233 e. The number of rotatable bonds is 24. The molecule has 0 radical (unpaired) electrons. The molecule has 8 heteroatoms. The third-order valence-electron chi connectivity index (χ3n) is 8.53. The average Bonchev–Trinajstić information content (AvgIpc) is 2.97. The van der Waals surface area contributed by atoms with E-state index in [1.165, 1.54) is 0 Å². The summed E-state index contributed by atoms with van der Waals surface area (Å²) in [6, 6.07) is 0. The fraction of sp³-hybridized carbons (Fsp3) is 1.00. The Balaban J connectivity index is 5.61. The van der Waals surface area contributed by atoms with Gasteiger partial charge in [-0.25, -0.2) is 9.78 Å². The minimum atomic E-state index is -1.17. The summed E-state index contributed by atoms with van der Waals surface area (Å²) in [5.74, 6) is -3.34. The van der Waals surface area contributed by atoms with Crippen molar-refractivity contribution in [1.29, 1.82) is 0 Å². The Labute approximate surface area is 228 Å². The lowest BCUT2D eigenvalue weighted by Crippen LogP contribution is -2.47. The summed E-state index contributed by atoms with van der Waals surface area (Å²) in [6.07, 6.45) is 8.08. The second-order valence-corrected chi connectivity index (χ2v) is 10.0. The number of hydrogen-bond acceptors (Lipinski definition) is 8. The highest BCUT2D eigenvalue weighted by molar-refractivity contribution is 4.76. The molecule has 0 saturated heterocycles. The molecule has 0 bridgehead atoms. The van der Waals surface area contributed by atoms with Gasteiger partial charge in [0.25, 0.3) is 0 Å². The van der Waals surface area contributed by atoms with Crippen LogP contribution in [-0.2, 0) is 39.1 Å². The number of hydrogen-bond donors (Lipinski definition) is 0. The molecule has 0 heterocycles. The maximum Gasteiger partial charge on any atom is 0.233 e. The molecule has 0 atom stereocenters. The molecule has 0 aliphatic heterocycles. The Morgan fingerprint density at radius 1 is 0.243 bits per heavy atom. The van der Waals surface area contributed by atoms with Crippen LogP contribution in [0.25, 0.3) is 0 Å². The second-order valence-electron chi connectivity index (χ2n) is 10.0. The van der Waals surface area contributed by atoms with Crippen molar-refractivity contribution in [2.24, 2.45) is 0 Å². The van der Waals surface area contributed by atoms with Gasteiger partial charge in [0.15, 0.2) is 0 Å². The summed E-state index contributed by atoms with van der Waals surface area (Å²) in [5, 5.41) is 0. The molecule has 37 heavy (non-hydrogen) atoms. The van der Waals surface area contributed by atoms with Gasteiger partial charge in [-0.3, -0.25) is 0 Å². The van der Waals surface area contributed by atoms with E-state index in [1.54, 1.807) is 0 Å². The van der Waals surface area contributed by atoms with Crippen LogP contribution in [0.1, 0.15) is 160 Å². The molecule has 224 valence electrons. The van der Waals surface area contributed by atoms with Crippen molar-refractivity contribution in [1.82, 2.24) is 0 Å². The van der Waals surface area contributed by atoms with Gasteiger partial charge in [0.2, 0.25) is 17.4 Å². The lowest BCUT2D eigenvalue weighted by atomic mass is 9.95. The Hall–Kier alpha value is -0.320. The third-order valence-corrected chi connectivity index (χ3v) is 8.53. The normalized spacial score (nSPS) is 13.9. The van der Waals surface area contributed by atoms with Gasteiger partial charge in [0, 0.05) is 38.5 Å². The van der Waals surface area contributed by atoms with Crippen molar-refractivity contribution in [3.8, 4) is 0 Å². The fourth-order valence-electron chi connectivity index (χ4n) is 3.98. The molecule has 0 amide bonds. The summed E-state index contributed by atoms with van der Waals surface area (Å²) >= 11 is 0. The minimum absolute atomic E-state index is 0.366. The third kappa shape index (κ3) is 9.98. The predicted octanol–water partition coefficient (Wildman–Crippen LogP) is 9.27. The minimum Gasteiger partial charge on any atom is -0.227 e. The van der Waals surface area contributed by atoms with E-state index in [9.17, 15) is 0 Å². The van der Waals surface area contributed by atoms with Crippen molar-refractivity contribution in [2.75, 3.05) is 0 Å². The van der Waals surface area contributed by atoms with Crippen LogP contribution in [0.4, 0.5) is 0 Å². The predicted molar refractivity (Wildman–Crippen MR) is 146 cm³/mol. The first kappa shape index (κ1) is 36.7. The summed E-state index contributed by atoms with van der Waals surface area (Å²) in [7, 11) is 0. The molecule has 0 spiro atoms. The molecule has 8 nitrogen and oxygen atoms in total. The molecule has 0 rings (SSSR count). The van der Waals surface area contributed by atoms with Gasteiger partial charge < -0.3 is 0 Å². The van der Waals surface area contributed by atoms with Crippen molar-refractivity contribution in [3.05, 3.63) is 0 Å². The van der Waals surface area contributed by atoms with E-state index in [0.29, 0.717) is 38.5 Å². The standard InChI is InChI=1S/C29H60O8/c1-13-25(14-2,15-3)30-32-27(19-7,20-8)34-36-29(23-11,24-12)37-35-28(21-9,22-10)33-31-26(16-4,17-5)18-6/h13-24H2,1-12H3. The summed E-state index contributed by atoms with van der Waals surface area (Å²) < 4.78 is 0. The van der Waals surface area contributed by atoms with Gasteiger partial charge in [-0.1, -0.05) is 83.1 Å². The van der Waals surface area contributed by atoms with E-state index in [4.69, 9.17) is 39.1 Å². The van der Waals surface area contributed by atoms with E-state index in [1.807, 2.05) is 41.5 Å². The molecule has 0 unspecified atom stereocenters. The van der Waals surface area contributed by atoms with Gasteiger partial charge in [0.1, 0.15) is 11.2 Å². The highest BCUT2D eigenvalue weighted by Crippen LogP contribution is 2.36. The first-order valence-corrected chi connectivity index (χ1v) is 15.0. The summed E-state index contributed by atoms with van der Waals surface area (Å²) in [6.45, 7) is 24.4. The lowest BCUT2D eigenvalue weighted by molar-refractivity contribution is -0.619. The topological polar surface area (TPSA) is 73.8 Å². The van der Waals surface area contributed by atoms with E-state index in [0.717, 1.165) is 38.5 Å². The van der Waals surface area contributed by atoms with Crippen molar-refractivity contribution < 1.29 is 39.1 Å². The SMILES string of the molecule is CCC(CC)(CC)OOC(CC)(CC)OOC(CC)(CC)OOC(CC)(CC)OOC(CC)(CC)CC. The zero-order valence-corrected chi connectivity index (χ0v) is 26.3. The molecule has 0 aromatic heterocycles. The molecule has 0 fully saturated rings. The zero-order chi connectivity index (χ0) is 28.6. The van der Waals surface area contributed by atoms with E-state index in [2.05, 4.69) is 41.5 Å². The maximum absolute atomic E-state index is 5.99. The Morgan fingerprint density at radius 3 is 0.541 bits per heavy atom. The van der Waals surface area contributed by atoms with Crippen LogP contribution in [0.3, 0.4) is 0 Å². The molecule has 0 aromatic rings. The molecular formula is C29H60O8. The van der Waals surface area contributed by atoms with Gasteiger partial charge in [-0.05, 0) is 38.5 Å². The first-order valence-electron chi connectivity index (χ1n) is 15.0. The van der Waals surface area contributed by atoms with E-state index in [-0.39, 0.29) is 11.2 Å². The Morgan fingerprint density at radius 2 is 0.405 bits per heavy atom. The molecule has 0 saturated carbocycles. The van der Waals surface area contributed by atoms with Crippen LogP contribution in [-0.4, -0.2) is 28.6 Å². The van der Waals surface area contributed by atoms with Crippen LogP contribution >= 0.6 is 0 Å². The summed E-state index contributed by atoms with van der Waals surface area (Å²) in [4.78, 5) is 47.8. The summed E-state index contributed by atoms with van der Waals surface area (Å²) in [5.41, 5.74) is -0.732. The van der Waals surface area contributed by atoms with Gasteiger partial charge >= 0.3 is 0 Å². The fourth-order valence-corrected chi connectivity index (χ4v) is 3.98. The average molecular weight is 537 g/mol. The second kappa shape index (κ2) is 17.4. The highest BCUT2D eigenvalue weighted by Gasteiger charge is 2.44. The quantitative estimate of drug-likeness (QED) is 0.0686.